The molecule has 0 saturated heterocycles. The molecule has 0 fully saturated rings. The third-order valence-corrected chi connectivity index (χ3v) is 6.89. The summed E-state index contributed by atoms with van der Waals surface area (Å²) in [7, 11) is 1.31. The smallest absolute Gasteiger partial charge is 0.329 e. The Kier molecular flexibility index (Phi) is 7.33. The fourth-order valence-corrected chi connectivity index (χ4v) is 5.12. The highest BCUT2D eigenvalue weighted by atomic mass is 127. The average molecular weight is 555 g/mol. The van der Waals surface area contributed by atoms with Gasteiger partial charge in [0.15, 0.2) is 0 Å². The molecule has 1 aliphatic rings. The van der Waals surface area contributed by atoms with Crippen LogP contribution in [0.2, 0.25) is 0 Å². The van der Waals surface area contributed by atoms with Crippen molar-refractivity contribution in [3.8, 4) is 11.1 Å². The number of halogens is 1. The van der Waals surface area contributed by atoms with E-state index in [1.165, 1.54) is 18.2 Å². The van der Waals surface area contributed by atoms with Gasteiger partial charge in [-0.15, -0.1) is 0 Å². The Bertz CT molecular complexity index is 1150. The van der Waals surface area contributed by atoms with Crippen LogP contribution in [0.25, 0.3) is 11.1 Å². The SMILES string of the molecule is COC(=O)[C@H](CC(=O)O)N(CCCI)c1cccc2c1C(c1ccccc1)c1ccccc1-2. The third-order valence-electron chi connectivity index (χ3n) is 6.13. The van der Waals surface area contributed by atoms with Gasteiger partial charge in [-0.1, -0.05) is 89.3 Å². The molecular formula is C27H26INO4. The van der Waals surface area contributed by atoms with Crippen molar-refractivity contribution in [1.82, 2.24) is 0 Å². The lowest BCUT2D eigenvalue weighted by molar-refractivity contribution is -0.147. The van der Waals surface area contributed by atoms with Crippen LogP contribution in [0.1, 0.15) is 35.4 Å². The van der Waals surface area contributed by atoms with E-state index in [4.69, 9.17) is 4.74 Å². The number of nitrogens with zero attached hydrogens (tertiary/aromatic N) is 1. The molecule has 4 rings (SSSR count). The van der Waals surface area contributed by atoms with Crippen LogP contribution in [0.3, 0.4) is 0 Å². The third kappa shape index (κ3) is 4.62. The van der Waals surface area contributed by atoms with Crippen molar-refractivity contribution in [1.29, 1.82) is 0 Å². The Morgan fingerprint density at radius 2 is 1.70 bits per heavy atom. The molecule has 3 aromatic carbocycles. The van der Waals surface area contributed by atoms with Gasteiger partial charge in [-0.2, -0.15) is 0 Å². The van der Waals surface area contributed by atoms with E-state index in [1.54, 1.807) is 0 Å². The molecular weight excluding hydrogens is 529 g/mol. The van der Waals surface area contributed by atoms with Crippen LogP contribution in [0.15, 0.2) is 72.8 Å². The Morgan fingerprint density at radius 1 is 1.00 bits per heavy atom. The lowest BCUT2D eigenvalue weighted by Gasteiger charge is -2.34. The number of carboxylic acids is 1. The molecule has 0 saturated carbocycles. The van der Waals surface area contributed by atoms with E-state index in [0.717, 1.165) is 33.2 Å². The fraction of sp³-hybridized carbons (Fsp3) is 0.259. The van der Waals surface area contributed by atoms with Crippen LogP contribution in [0.4, 0.5) is 5.69 Å². The van der Waals surface area contributed by atoms with E-state index >= 15 is 0 Å². The topological polar surface area (TPSA) is 66.8 Å². The van der Waals surface area contributed by atoms with Gasteiger partial charge in [-0.25, -0.2) is 4.79 Å². The number of benzene rings is 3. The molecule has 1 aliphatic carbocycles. The van der Waals surface area contributed by atoms with Crippen molar-refractivity contribution < 1.29 is 19.4 Å². The number of carbonyl (C=O) groups excluding carboxylic acids is 1. The Labute approximate surface area is 207 Å². The second-order valence-electron chi connectivity index (χ2n) is 8.04. The maximum atomic E-state index is 12.8. The number of esters is 1. The van der Waals surface area contributed by atoms with Crippen LogP contribution >= 0.6 is 22.6 Å². The average Bonchev–Trinajstić information content (AvgIpc) is 3.18. The number of hydrogen-bond donors (Lipinski definition) is 1. The van der Waals surface area contributed by atoms with Gasteiger partial charge in [-0.05, 0) is 40.3 Å². The molecule has 1 N–H and O–H groups in total. The summed E-state index contributed by atoms with van der Waals surface area (Å²) >= 11 is 2.31. The predicted octanol–water partition coefficient (Wildman–Crippen LogP) is 5.50. The van der Waals surface area contributed by atoms with E-state index < -0.39 is 18.0 Å². The number of methoxy groups -OCH3 is 1. The minimum absolute atomic E-state index is 0.00109. The van der Waals surface area contributed by atoms with Crippen molar-refractivity contribution in [3.63, 3.8) is 0 Å². The lowest BCUT2D eigenvalue weighted by atomic mass is 9.88. The number of hydrogen-bond acceptors (Lipinski definition) is 4. The van der Waals surface area contributed by atoms with Gasteiger partial charge in [0.1, 0.15) is 6.04 Å². The summed E-state index contributed by atoms with van der Waals surface area (Å²) in [5, 5.41) is 9.58. The highest BCUT2D eigenvalue weighted by Gasteiger charge is 2.36. The number of carboxylic acid groups (broad SMARTS) is 1. The highest BCUT2D eigenvalue weighted by Crippen LogP contribution is 2.51. The van der Waals surface area contributed by atoms with Crippen LogP contribution in [0, 0.1) is 0 Å². The normalized spacial score (nSPS) is 14.8. The molecule has 0 spiro atoms. The maximum absolute atomic E-state index is 12.8. The van der Waals surface area contributed by atoms with Gasteiger partial charge in [0, 0.05) is 22.6 Å². The summed E-state index contributed by atoms with van der Waals surface area (Å²) in [6.45, 7) is 0.560. The van der Waals surface area contributed by atoms with Crippen molar-refractivity contribution >= 4 is 40.2 Å². The molecule has 0 amide bonds. The standard InChI is InChI=1S/C27H26INO4/c1-33-27(32)23(17-24(30)31)29(16-8-15-28)22-14-7-13-21-19-11-5-6-12-20(19)25(26(21)22)18-9-3-2-4-10-18/h2-7,9-14,23,25H,8,15-17H2,1H3,(H,30,31)/t23-,25?/m0/s1. The first kappa shape index (κ1) is 23.3. The van der Waals surface area contributed by atoms with Crippen molar-refractivity contribution in [2.24, 2.45) is 0 Å². The number of carbonyl (C=O) groups is 2. The molecule has 0 aromatic heterocycles. The molecule has 1 unspecified atom stereocenters. The summed E-state index contributed by atoms with van der Waals surface area (Å²) in [6, 6.07) is 23.9. The van der Waals surface area contributed by atoms with E-state index in [-0.39, 0.29) is 12.3 Å². The van der Waals surface area contributed by atoms with E-state index in [2.05, 4.69) is 59.0 Å². The van der Waals surface area contributed by atoms with Crippen molar-refractivity contribution in [2.45, 2.75) is 24.8 Å². The molecule has 0 bridgehead atoms. The number of rotatable bonds is 9. The molecule has 5 nitrogen and oxygen atoms in total. The monoisotopic (exact) mass is 555 g/mol. The highest BCUT2D eigenvalue weighted by molar-refractivity contribution is 14.1. The second-order valence-corrected chi connectivity index (χ2v) is 9.12. The van der Waals surface area contributed by atoms with Crippen molar-refractivity contribution in [3.05, 3.63) is 89.5 Å². The van der Waals surface area contributed by atoms with Gasteiger partial charge in [0.25, 0.3) is 0 Å². The molecule has 0 radical (unpaired) electrons. The number of anilines is 1. The van der Waals surface area contributed by atoms with Crippen LogP contribution < -0.4 is 4.90 Å². The van der Waals surface area contributed by atoms with Crippen LogP contribution in [-0.2, 0) is 14.3 Å². The maximum Gasteiger partial charge on any atom is 0.329 e. The summed E-state index contributed by atoms with van der Waals surface area (Å²) in [5.41, 5.74) is 6.67. The molecule has 0 heterocycles. The van der Waals surface area contributed by atoms with Gasteiger partial charge < -0.3 is 14.7 Å². The Morgan fingerprint density at radius 3 is 2.39 bits per heavy atom. The molecule has 3 aromatic rings. The van der Waals surface area contributed by atoms with Crippen molar-refractivity contribution in [2.75, 3.05) is 23.0 Å². The van der Waals surface area contributed by atoms with E-state index in [0.29, 0.717) is 6.54 Å². The number of alkyl halides is 1. The van der Waals surface area contributed by atoms with Crippen LogP contribution in [-0.4, -0.2) is 41.2 Å². The summed E-state index contributed by atoms with van der Waals surface area (Å²) in [6.07, 6.45) is 0.501. The number of ether oxygens (including phenoxy) is 1. The molecule has 170 valence electrons. The van der Waals surface area contributed by atoms with Gasteiger partial charge in [0.05, 0.1) is 13.5 Å². The van der Waals surface area contributed by atoms with Gasteiger partial charge in [0.2, 0.25) is 0 Å². The number of aliphatic carboxylic acids is 1. The van der Waals surface area contributed by atoms with E-state index in [9.17, 15) is 14.7 Å². The zero-order valence-electron chi connectivity index (χ0n) is 18.4. The Balaban J connectivity index is 1.93. The minimum Gasteiger partial charge on any atom is -0.481 e. The summed E-state index contributed by atoms with van der Waals surface area (Å²) < 4.78 is 5.94. The molecule has 33 heavy (non-hydrogen) atoms. The molecule has 2 atom stereocenters. The Hall–Kier alpha value is -2.87. The summed E-state index contributed by atoms with van der Waals surface area (Å²) in [5.74, 6) is -1.56. The second kappa shape index (κ2) is 10.4. The summed E-state index contributed by atoms with van der Waals surface area (Å²) in [4.78, 5) is 26.4. The fourth-order valence-electron chi connectivity index (χ4n) is 4.78. The first-order valence-corrected chi connectivity index (χ1v) is 12.5. The molecule has 0 aliphatic heterocycles. The zero-order valence-corrected chi connectivity index (χ0v) is 20.6. The largest absolute Gasteiger partial charge is 0.481 e. The predicted molar refractivity (Wildman–Crippen MR) is 138 cm³/mol. The van der Waals surface area contributed by atoms with Gasteiger partial charge in [-0.3, -0.25) is 4.79 Å². The lowest BCUT2D eigenvalue weighted by Crippen LogP contribution is -2.44. The first-order chi connectivity index (χ1) is 16.1. The zero-order chi connectivity index (χ0) is 23.4. The number of fused-ring (bicyclic) bond motifs is 3. The minimum atomic E-state index is -1.03. The van der Waals surface area contributed by atoms with E-state index in [1.807, 2.05) is 41.3 Å². The quantitative estimate of drug-likeness (QED) is 0.168. The van der Waals surface area contributed by atoms with Gasteiger partial charge >= 0.3 is 11.9 Å². The first-order valence-electron chi connectivity index (χ1n) is 11.0. The molecule has 6 heteroatoms. The van der Waals surface area contributed by atoms with Crippen LogP contribution in [0.5, 0.6) is 0 Å².